The Morgan fingerprint density at radius 3 is 2.60 bits per heavy atom. The average Bonchev–Trinajstić information content (AvgIpc) is 2.47. The Bertz CT molecular complexity index is 717. The van der Waals surface area contributed by atoms with Crippen molar-refractivity contribution in [3.05, 3.63) is 66.2 Å². The first kappa shape index (κ1) is 12.4. The number of benzene rings is 2. The minimum atomic E-state index is 0.563. The van der Waals surface area contributed by atoms with E-state index in [-0.39, 0.29) is 0 Å². The number of hydrogen-bond donors (Lipinski definition) is 1. The van der Waals surface area contributed by atoms with Crippen molar-refractivity contribution in [2.24, 2.45) is 0 Å². The number of rotatable bonds is 2. The third-order valence-electron chi connectivity index (χ3n) is 3.31. The summed E-state index contributed by atoms with van der Waals surface area (Å²) in [5.41, 5.74) is 9.39. The van der Waals surface area contributed by atoms with Gasteiger partial charge in [-0.2, -0.15) is 0 Å². The molecular formula is C17H15NO2. The van der Waals surface area contributed by atoms with Gasteiger partial charge in [-0.15, -0.1) is 0 Å². The predicted molar refractivity (Wildman–Crippen MR) is 81.5 cm³/mol. The van der Waals surface area contributed by atoms with Gasteiger partial charge in [0.2, 0.25) is 0 Å². The molecule has 100 valence electrons. The second kappa shape index (κ2) is 4.78. The van der Waals surface area contributed by atoms with Gasteiger partial charge in [0.25, 0.3) is 0 Å². The number of hydrogen-bond acceptors (Lipinski definition) is 3. The van der Waals surface area contributed by atoms with Gasteiger partial charge in [0.05, 0.1) is 12.8 Å². The van der Waals surface area contributed by atoms with Crippen LogP contribution in [-0.4, -0.2) is 7.11 Å². The zero-order valence-electron chi connectivity index (χ0n) is 11.2. The average molecular weight is 265 g/mol. The fourth-order valence-corrected chi connectivity index (χ4v) is 2.27. The summed E-state index contributed by atoms with van der Waals surface area (Å²) in [6, 6.07) is 13.4. The molecule has 0 unspecified atom stereocenters. The molecule has 0 amide bonds. The summed E-state index contributed by atoms with van der Waals surface area (Å²) in [7, 11) is 1.60. The van der Waals surface area contributed by atoms with E-state index in [1.54, 1.807) is 7.11 Å². The van der Waals surface area contributed by atoms with Crippen LogP contribution < -0.4 is 15.2 Å². The molecule has 3 heteroatoms. The van der Waals surface area contributed by atoms with Crippen LogP contribution in [0.3, 0.4) is 0 Å². The third kappa shape index (κ3) is 1.93. The van der Waals surface area contributed by atoms with Gasteiger partial charge in [-0.25, -0.2) is 0 Å². The van der Waals surface area contributed by atoms with Crippen LogP contribution in [0.4, 0.5) is 5.69 Å². The Morgan fingerprint density at radius 2 is 1.80 bits per heavy atom. The molecule has 2 N–H and O–H groups in total. The largest absolute Gasteiger partial charge is 0.495 e. The van der Waals surface area contributed by atoms with E-state index < -0.39 is 0 Å². The number of ether oxygens (including phenoxy) is 2. The van der Waals surface area contributed by atoms with Crippen molar-refractivity contribution in [2.45, 2.75) is 0 Å². The normalized spacial score (nSPS) is 13.2. The van der Waals surface area contributed by atoms with Crippen molar-refractivity contribution in [1.29, 1.82) is 0 Å². The molecule has 0 spiro atoms. The first-order chi connectivity index (χ1) is 9.70. The second-order valence-corrected chi connectivity index (χ2v) is 4.55. The van der Waals surface area contributed by atoms with Gasteiger partial charge in [0.1, 0.15) is 17.3 Å². The van der Waals surface area contributed by atoms with Crippen molar-refractivity contribution in [2.75, 3.05) is 12.8 Å². The summed E-state index contributed by atoms with van der Waals surface area (Å²) in [6.07, 6.45) is 1.90. The Labute approximate surface area is 117 Å². The van der Waals surface area contributed by atoms with E-state index in [1.165, 1.54) is 0 Å². The molecule has 0 aromatic heterocycles. The predicted octanol–water partition coefficient (Wildman–Crippen LogP) is 3.72. The zero-order valence-corrected chi connectivity index (χ0v) is 11.2. The van der Waals surface area contributed by atoms with Crippen LogP contribution in [0, 0.1) is 0 Å². The highest BCUT2D eigenvalue weighted by Gasteiger charge is 2.18. The number of methoxy groups -OCH3 is 1. The fourth-order valence-electron chi connectivity index (χ4n) is 2.27. The summed E-state index contributed by atoms with van der Waals surface area (Å²) in [5.74, 6) is 2.11. The maximum Gasteiger partial charge on any atom is 0.142 e. The highest BCUT2D eigenvalue weighted by atomic mass is 16.5. The molecule has 1 aliphatic rings. The van der Waals surface area contributed by atoms with E-state index in [1.807, 2.05) is 48.5 Å². The Morgan fingerprint density at radius 1 is 1.05 bits per heavy atom. The van der Waals surface area contributed by atoms with Crippen molar-refractivity contribution in [1.82, 2.24) is 0 Å². The molecule has 1 aliphatic heterocycles. The number of allylic oxidation sites excluding steroid dienone is 2. The Kier molecular flexibility index (Phi) is 2.95. The number of nitrogens with two attached hydrogens (primary N) is 1. The van der Waals surface area contributed by atoms with Gasteiger partial charge in [0.15, 0.2) is 0 Å². The lowest BCUT2D eigenvalue weighted by Gasteiger charge is -2.21. The fraction of sp³-hybridized carbons (Fsp3) is 0.0588. The molecule has 0 saturated heterocycles. The van der Waals surface area contributed by atoms with Crippen LogP contribution in [0.2, 0.25) is 0 Å². The zero-order chi connectivity index (χ0) is 14.1. The van der Waals surface area contributed by atoms with Crippen LogP contribution in [0.15, 0.2) is 55.1 Å². The van der Waals surface area contributed by atoms with Crippen LogP contribution in [0.1, 0.15) is 11.1 Å². The Hall–Kier alpha value is -2.68. The van der Waals surface area contributed by atoms with Crippen LogP contribution in [0.5, 0.6) is 11.5 Å². The summed E-state index contributed by atoms with van der Waals surface area (Å²) >= 11 is 0. The molecule has 0 fully saturated rings. The van der Waals surface area contributed by atoms with Crippen molar-refractivity contribution in [3.63, 3.8) is 0 Å². The van der Waals surface area contributed by atoms with Crippen LogP contribution in [-0.2, 0) is 0 Å². The molecule has 3 nitrogen and oxygen atoms in total. The maximum absolute atomic E-state index is 6.11. The van der Waals surface area contributed by atoms with Crippen molar-refractivity contribution >= 4 is 17.0 Å². The van der Waals surface area contributed by atoms with Crippen LogP contribution >= 0.6 is 0 Å². The molecule has 0 atom stereocenters. The van der Waals surface area contributed by atoms with E-state index in [9.17, 15) is 0 Å². The third-order valence-corrected chi connectivity index (χ3v) is 3.31. The summed E-state index contributed by atoms with van der Waals surface area (Å²) in [5, 5.41) is 0. The topological polar surface area (TPSA) is 44.5 Å². The molecule has 0 bridgehead atoms. The van der Waals surface area contributed by atoms with Crippen LogP contribution in [0.25, 0.3) is 11.3 Å². The monoisotopic (exact) mass is 265 g/mol. The lowest BCUT2D eigenvalue weighted by molar-refractivity contribution is 0.416. The molecule has 1 heterocycles. The molecule has 2 aromatic carbocycles. The van der Waals surface area contributed by atoms with Gasteiger partial charge in [0, 0.05) is 11.1 Å². The van der Waals surface area contributed by atoms with E-state index >= 15 is 0 Å². The van der Waals surface area contributed by atoms with Gasteiger partial charge >= 0.3 is 0 Å². The first-order valence-corrected chi connectivity index (χ1v) is 6.31. The van der Waals surface area contributed by atoms with Crippen molar-refractivity contribution in [3.8, 4) is 11.5 Å². The summed E-state index contributed by atoms with van der Waals surface area (Å²) in [4.78, 5) is 0. The van der Waals surface area contributed by atoms with E-state index in [2.05, 4.69) is 6.58 Å². The molecule has 0 aliphatic carbocycles. The number of anilines is 1. The van der Waals surface area contributed by atoms with Gasteiger partial charge in [-0.3, -0.25) is 0 Å². The molecule has 3 rings (SSSR count). The first-order valence-electron chi connectivity index (χ1n) is 6.31. The molecule has 0 radical (unpaired) electrons. The second-order valence-electron chi connectivity index (χ2n) is 4.55. The number of nitrogen functional groups attached to an aromatic ring is 1. The van der Waals surface area contributed by atoms with E-state index in [4.69, 9.17) is 15.2 Å². The van der Waals surface area contributed by atoms with Crippen molar-refractivity contribution < 1.29 is 9.47 Å². The Balaban J connectivity index is 2.08. The van der Waals surface area contributed by atoms with Gasteiger partial charge < -0.3 is 15.2 Å². The number of para-hydroxylation sites is 2. The van der Waals surface area contributed by atoms with Gasteiger partial charge in [-0.1, -0.05) is 30.8 Å². The van der Waals surface area contributed by atoms with E-state index in [0.717, 1.165) is 22.4 Å². The highest BCUT2D eigenvalue weighted by Crippen LogP contribution is 2.38. The lowest BCUT2D eigenvalue weighted by atomic mass is 10.0. The quantitative estimate of drug-likeness (QED) is 0.841. The summed E-state index contributed by atoms with van der Waals surface area (Å²) < 4.78 is 11.2. The van der Waals surface area contributed by atoms with E-state index in [0.29, 0.717) is 17.2 Å². The SMILES string of the molecule is C=C1C=C(c2cccc(OC)c2N)Oc2ccccc21. The van der Waals surface area contributed by atoms with Gasteiger partial charge in [-0.05, 0) is 29.8 Å². The minimum absolute atomic E-state index is 0.563. The molecule has 0 saturated carbocycles. The maximum atomic E-state index is 6.11. The molecule has 2 aromatic rings. The minimum Gasteiger partial charge on any atom is -0.495 e. The number of fused-ring (bicyclic) bond motifs is 1. The molecular weight excluding hydrogens is 250 g/mol. The summed E-state index contributed by atoms with van der Waals surface area (Å²) in [6.45, 7) is 4.08. The molecule has 20 heavy (non-hydrogen) atoms. The lowest BCUT2D eigenvalue weighted by Crippen LogP contribution is -2.06. The standard InChI is InChI=1S/C17H15NO2/c1-11-10-16(20-14-8-4-3-6-12(11)14)13-7-5-9-15(19-2)17(13)18/h3-10H,1,18H2,2H3. The smallest absolute Gasteiger partial charge is 0.142 e. The highest BCUT2D eigenvalue weighted by molar-refractivity contribution is 5.89.